The summed E-state index contributed by atoms with van der Waals surface area (Å²) in [5.41, 5.74) is 3.10. The Balaban J connectivity index is 1.84. The Morgan fingerprint density at radius 1 is 1.32 bits per heavy atom. The van der Waals surface area contributed by atoms with Gasteiger partial charge in [0.15, 0.2) is 0 Å². The molecule has 0 atom stereocenters. The molecule has 1 N–H and O–H groups in total. The monoisotopic (exact) mass is 272 g/mol. The zero-order valence-electron chi connectivity index (χ0n) is 10.3. The average molecular weight is 272 g/mol. The summed E-state index contributed by atoms with van der Waals surface area (Å²) in [5, 5.41) is 17.5. The minimum Gasteiger partial charge on any atom is -0.508 e. The van der Waals surface area contributed by atoms with Crippen LogP contribution in [0.15, 0.2) is 39.5 Å². The summed E-state index contributed by atoms with van der Waals surface area (Å²) >= 11 is 1.62. The summed E-state index contributed by atoms with van der Waals surface area (Å²) in [6, 6.07) is 7.04. The Morgan fingerprint density at radius 2 is 2.21 bits per heavy atom. The van der Waals surface area contributed by atoms with E-state index in [1.165, 1.54) is 0 Å². The molecule has 0 bridgehead atoms. The molecule has 0 spiro atoms. The van der Waals surface area contributed by atoms with Crippen LogP contribution in [0.3, 0.4) is 0 Å². The van der Waals surface area contributed by atoms with Gasteiger partial charge in [0, 0.05) is 10.9 Å². The van der Waals surface area contributed by atoms with Gasteiger partial charge in [0.05, 0.1) is 6.42 Å². The van der Waals surface area contributed by atoms with Crippen molar-refractivity contribution in [2.24, 2.45) is 0 Å². The Morgan fingerprint density at radius 3 is 2.95 bits per heavy atom. The van der Waals surface area contributed by atoms with Crippen molar-refractivity contribution in [1.82, 2.24) is 10.1 Å². The van der Waals surface area contributed by atoms with Crippen molar-refractivity contribution in [2.45, 2.75) is 13.3 Å². The molecule has 0 fully saturated rings. The van der Waals surface area contributed by atoms with Crippen LogP contribution in [0, 0.1) is 6.92 Å². The molecule has 0 saturated carbocycles. The molecule has 4 nitrogen and oxygen atoms in total. The van der Waals surface area contributed by atoms with Crippen LogP contribution in [-0.4, -0.2) is 15.2 Å². The van der Waals surface area contributed by atoms with E-state index in [1.54, 1.807) is 29.5 Å². The third-order valence-corrected chi connectivity index (χ3v) is 3.69. The van der Waals surface area contributed by atoms with E-state index >= 15 is 0 Å². The van der Waals surface area contributed by atoms with E-state index in [4.69, 9.17) is 4.52 Å². The Labute approximate surface area is 114 Å². The van der Waals surface area contributed by atoms with E-state index in [2.05, 4.69) is 15.5 Å². The molecule has 0 aliphatic carbocycles. The molecule has 2 heterocycles. The second-order valence-corrected chi connectivity index (χ2v) is 5.07. The lowest BCUT2D eigenvalue weighted by atomic mass is 10.1. The number of rotatable bonds is 3. The van der Waals surface area contributed by atoms with Crippen LogP contribution in [0.25, 0.3) is 11.4 Å². The maximum atomic E-state index is 9.42. The Bertz CT molecular complexity index is 703. The molecule has 0 aliphatic heterocycles. The van der Waals surface area contributed by atoms with Crippen molar-refractivity contribution in [1.29, 1.82) is 0 Å². The van der Waals surface area contributed by atoms with Crippen LogP contribution in [0.4, 0.5) is 0 Å². The molecule has 3 rings (SSSR count). The third kappa shape index (κ3) is 2.51. The first kappa shape index (κ1) is 11.9. The highest BCUT2D eigenvalue weighted by atomic mass is 32.1. The van der Waals surface area contributed by atoms with Gasteiger partial charge in [-0.1, -0.05) is 17.3 Å². The van der Waals surface area contributed by atoms with Crippen LogP contribution in [0.5, 0.6) is 5.75 Å². The van der Waals surface area contributed by atoms with Crippen molar-refractivity contribution in [3.8, 4) is 17.1 Å². The fourth-order valence-corrected chi connectivity index (χ4v) is 2.69. The maximum absolute atomic E-state index is 9.42. The standard InChI is InChI=1S/C14H12N2O2S/c1-9-7-19-8-12(9)14-15-13(18-16-14)6-10-3-2-4-11(17)5-10/h2-5,7-8,17H,6H2,1H3. The van der Waals surface area contributed by atoms with Crippen LogP contribution in [0.2, 0.25) is 0 Å². The second kappa shape index (κ2) is 4.85. The maximum Gasteiger partial charge on any atom is 0.231 e. The zero-order valence-corrected chi connectivity index (χ0v) is 11.1. The van der Waals surface area contributed by atoms with Crippen LogP contribution in [-0.2, 0) is 6.42 Å². The SMILES string of the molecule is Cc1cscc1-c1noc(Cc2cccc(O)c2)n1. The quantitative estimate of drug-likeness (QED) is 0.793. The van der Waals surface area contributed by atoms with Crippen LogP contribution < -0.4 is 0 Å². The number of aryl methyl sites for hydroxylation is 1. The highest BCUT2D eigenvalue weighted by Gasteiger charge is 2.12. The largest absolute Gasteiger partial charge is 0.508 e. The molecular formula is C14H12N2O2S. The van der Waals surface area contributed by atoms with Gasteiger partial charge in [0.25, 0.3) is 0 Å². The highest BCUT2D eigenvalue weighted by Crippen LogP contribution is 2.24. The van der Waals surface area contributed by atoms with Gasteiger partial charge in [-0.25, -0.2) is 0 Å². The van der Waals surface area contributed by atoms with Crippen molar-refractivity contribution in [3.05, 3.63) is 52.0 Å². The van der Waals surface area contributed by atoms with Crippen molar-refractivity contribution in [3.63, 3.8) is 0 Å². The molecule has 0 saturated heterocycles. The summed E-state index contributed by atoms with van der Waals surface area (Å²) < 4.78 is 5.25. The van der Waals surface area contributed by atoms with E-state index < -0.39 is 0 Å². The minimum atomic E-state index is 0.242. The predicted octanol–water partition coefficient (Wildman–Crippen LogP) is 3.40. The molecule has 19 heavy (non-hydrogen) atoms. The first-order chi connectivity index (χ1) is 9.22. The molecule has 0 aliphatic rings. The van der Waals surface area contributed by atoms with E-state index in [-0.39, 0.29) is 5.75 Å². The lowest BCUT2D eigenvalue weighted by Crippen LogP contribution is -1.88. The number of aromatic hydroxyl groups is 1. The predicted molar refractivity (Wildman–Crippen MR) is 73.3 cm³/mol. The number of benzene rings is 1. The molecule has 3 aromatic rings. The summed E-state index contributed by atoms with van der Waals surface area (Å²) in [7, 11) is 0. The van der Waals surface area contributed by atoms with Gasteiger partial charge < -0.3 is 9.63 Å². The van der Waals surface area contributed by atoms with Gasteiger partial charge in [-0.05, 0) is 35.6 Å². The smallest absolute Gasteiger partial charge is 0.231 e. The number of phenolic OH excluding ortho intramolecular Hbond substituents is 1. The van der Waals surface area contributed by atoms with E-state index in [9.17, 15) is 5.11 Å². The summed E-state index contributed by atoms with van der Waals surface area (Å²) in [5.74, 6) is 1.41. The number of phenols is 1. The number of aromatic nitrogens is 2. The fraction of sp³-hybridized carbons (Fsp3) is 0.143. The molecule has 1 aromatic carbocycles. The van der Waals surface area contributed by atoms with E-state index in [1.807, 2.05) is 18.4 Å². The lowest BCUT2D eigenvalue weighted by Gasteiger charge is -1.97. The second-order valence-electron chi connectivity index (χ2n) is 4.33. The molecule has 0 unspecified atom stereocenters. The highest BCUT2D eigenvalue weighted by molar-refractivity contribution is 7.08. The summed E-state index contributed by atoms with van der Waals surface area (Å²) in [6.07, 6.45) is 0.518. The van der Waals surface area contributed by atoms with Crippen molar-refractivity contribution < 1.29 is 9.63 Å². The third-order valence-electron chi connectivity index (χ3n) is 2.83. The Hall–Kier alpha value is -2.14. The Kier molecular flexibility index (Phi) is 3.05. The first-order valence-electron chi connectivity index (χ1n) is 5.86. The van der Waals surface area contributed by atoms with Gasteiger partial charge in [0.1, 0.15) is 5.75 Å². The number of hydrogen-bond acceptors (Lipinski definition) is 5. The van der Waals surface area contributed by atoms with E-state index in [0.29, 0.717) is 18.1 Å². The van der Waals surface area contributed by atoms with Gasteiger partial charge in [-0.3, -0.25) is 0 Å². The number of nitrogens with zero attached hydrogens (tertiary/aromatic N) is 2. The van der Waals surface area contributed by atoms with Gasteiger partial charge >= 0.3 is 0 Å². The van der Waals surface area contributed by atoms with Crippen LogP contribution >= 0.6 is 11.3 Å². The summed E-state index contributed by atoms with van der Waals surface area (Å²) in [6.45, 7) is 2.02. The molecular weight excluding hydrogens is 260 g/mol. The lowest BCUT2D eigenvalue weighted by molar-refractivity contribution is 0.385. The molecule has 2 aromatic heterocycles. The summed E-state index contributed by atoms with van der Waals surface area (Å²) in [4.78, 5) is 4.39. The zero-order chi connectivity index (χ0) is 13.2. The van der Waals surface area contributed by atoms with Gasteiger partial charge in [-0.2, -0.15) is 16.3 Å². The fourth-order valence-electron chi connectivity index (χ4n) is 1.87. The van der Waals surface area contributed by atoms with Gasteiger partial charge in [-0.15, -0.1) is 0 Å². The normalized spacial score (nSPS) is 10.8. The van der Waals surface area contributed by atoms with Crippen molar-refractivity contribution in [2.75, 3.05) is 0 Å². The average Bonchev–Trinajstić information content (AvgIpc) is 2.98. The number of hydrogen-bond donors (Lipinski definition) is 1. The topological polar surface area (TPSA) is 59.2 Å². The van der Waals surface area contributed by atoms with Gasteiger partial charge in [0.2, 0.25) is 11.7 Å². The van der Waals surface area contributed by atoms with Crippen LogP contribution in [0.1, 0.15) is 17.0 Å². The minimum absolute atomic E-state index is 0.242. The molecule has 0 amide bonds. The van der Waals surface area contributed by atoms with E-state index in [0.717, 1.165) is 16.7 Å². The molecule has 5 heteroatoms. The first-order valence-corrected chi connectivity index (χ1v) is 6.80. The van der Waals surface area contributed by atoms with Crippen molar-refractivity contribution >= 4 is 11.3 Å². The number of thiophene rings is 1. The molecule has 96 valence electrons. The molecule has 0 radical (unpaired) electrons.